The van der Waals surface area contributed by atoms with E-state index >= 15 is 0 Å². The third-order valence-corrected chi connectivity index (χ3v) is 5.15. The van der Waals surface area contributed by atoms with Gasteiger partial charge in [0.25, 0.3) is 0 Å². The lowest BCUT2D eigenvalue weighted by Crippen LogP contribution is -2.26. The molecule has 10 heteroatoms. The van der Waals surface area contributed by atoms with Crippen molar-refractivity contribution in [2.24, 2.45) is 4.40 Å². The van der Waals surface area contributed by atoms with Crippen molar-refractivity contribution in [3.63, 3.8) is 0 Å². The molecule has 22 heavy (non-hydrogen) atoms. The Morgan fingerprint density at radius 3 is 2.00 bits per heavy atom. The minimum Gasteiger partial charge on any atom is -0.591 e. The molecule has 0 radical (unpaired) electrons. The van der Waals surface area contributed by atoms with Crippen LogP contribution < -0.4 is 0 Å². The lowest BCUT2D eigenvalue weighted by atomic mass is 10.1. The Labute approximate surface area is 127 Å². The van der Waals surface area contributed by atoms with E-state index in [9.17, 15) is 28.4 Å². The summed E-state index contributed by atoms with van der Waals surface area (Å²) in [4.78, 5) is -2.31. The summed E-state index contributed by atoms with van der Waals surface area (Å²) in [5.41, 5.74) is -0.553. The Balaban J connectivity index is 3.30. The highest BCUT2D eigenvalue weighted by Gasteiger charge is 2.65. The van der Waals surface area contributed by atoms with Crippen LogP contribution in [0.25, 0.3) is 0 Å². The minimum absolute atomic E-state index is 0.0962. The first-order valence-corrected chi connectivity index (χ1v) is 8.99. The van der Waals surface area contributed by atoms with Gasteiger partial charge < -0.3 is 4.55 Å². The first kappa shape index (κ1) is 19.2. The molecule has 0 saturated carbocycles. The third kappa shape index (κ3) is 4.82. The summed E-state index contributed by atoms with van der Waals surface area (Å²) in [6.07, 6.45) is 0. The van der Waals surface area contributed by atoms with Crippen LogP contribution in [0.2, 0.25) is 0 Å². The zero-order chi connectivity index (χ0) is 17.6. The van der Waals surface area contributed by atoms with Gasteiger partial charge in [-0.2, -0.15) is 0 Å². The van der Waals surface area contributed by atoms with Crippen LogP contribution >= 0.6 is 10.2 Å². The molecule has 0 aliphatic carbocycles. The molecule has 1 rings (SSSR count). The van der Waals surface area contributed by atoms with Crippen molar-refractivity contribution in [3.05, 3.63) is 29.6 Å². The third-order valence-electron chi connectivity index (χ3n) is 2.52. The molecular weight excluding hydrogens is 352 g/mol. The van der Waals surface area contributed by atoms with Crippen molar-refractivity contribution < 1.29 is 28.4 Å². The van der Waals surface area contributed by atoms with Gasteiger partial charge in [0, 0.05) is 5.56 Å². The summed E-state index contributed by atoms with van der Waals surface area (Å²) in [6, 6.07) is 0.385. The molecule has 0 aromatic heterocycles. The van der Waals surface area contributed by atoms with E-state index in [1.807, 2.05) is 0 Å². The number of benzene rings is 1. The van der Waals surface area contributed by atoms with Crippen LogP contribution in [0.3, 0.4) is 0 Å². The van der Waals surface area contributed by atoms with Gasteiger partial charge in [-0.3, -0.25) is 0 Å². The van der Waals surface area contributed by atoms with Crippen LogP contribution in [0.4, 0.5) is 23.8 Å². The number of hydrogen-bond donors (Lipinski definition) is 0. The zero-order valence-electron chi connectivity index (χ0n) is 12.2. The Kier molecular flexibility index (Phi) is 4.19. The Morgan fingerprint density at radius 2 is 1.64 bits per heavy atom. The molecule has 1 atom stereocenters. The summed E-state index contributed by atoms with van der Waals surface area (Å²) < 4.78 is 91.4. The van der Waals surface area contributed by atoms with Crippen molar-refractivity contribution in [2.45, 2.75) is 37.3 Å². The standard InChI is InChI=1S/C12H15F6NOS2/c1-8(19-21(20)12(2,3)4)10-6-5-9(7-11(10)13)22(14,15,16,17)18/h5-7H,1-4H3/t21-/m0/s1. The van der Waals surface area contributed by atoms with E-state index in [-0.39, 0.29) is 17.8 Å². The zero-order valence-corrected chi connectivity index (χ0v) is 13.8. The summed E-state index contributed by atoms with van der Waals surface area (Å²) >= 11 is -1.76. The summed E-state index contributed by atoms with van der Waals surface area (Å²) in [5, 5.41) is 0. The maximum atomic E-state index is 13.7. The summed E-state index contributed by atoms with van der Waals surface area (Å²) in [6.45, 7) is 6.05. The second kappa shape index (κ2) is 4.81. The van der Waals surface area contributed by atoms with Crippen molar-refractivity contribution in [2.75, 3.05) is 0 Å². The molecular formula is C12H15F6NOS2. The largest absolute Gasteiger partial charge is 0.591 e. The normalized spacial score (nSPS) is 18.6. The molecule has 0 spiro atoms. The van der Waals surface area contributed by atoms with Gasteiger partial charge in [0.1, 0.15) is 26.8 Å². The Hall–Kier alpha value is -0.870. The maximum Gasteiger partial charge on any atom is 0.310 e. The smallest absolute Gasteiger partial charge is 0.310 e. The molecule has 128 valence electrons. The summed E-state index contributed by atoms with van der Waals surface area (Å²) in [7, 11) is -9.93. The maximum absolute atomic E-state index is 13.7. The van der Waals surface area contributed by atoms with Crippen molar-refractivity contribution in [1.82, 2.24) is 0 Å². The van der Waals surface area contributed by atoms with Crippen LogP contribution in [0.5, 0.6) is 0 Å². The first-order valence-electron chi connectivity index (χ1n) is 5.93. The lowest BCUT2D eigenvalue weighted by molar-refractivity contribution is 0.363. The number of rotatable bonds is 3. The van der Waals surface area contributed by atoms with Gasteiger partial charge in [-0.25, -0.2) is 4.39 Å². The second-order valence-electron chi connectivity index (χ2n) is 5.65. The van der Waals surface area contributed by atoms with Gasteiger partial charge in [0.15, 0.2) is 0 Å². The van der Waals surface area contributed by atoms with Gasteiger partial charge in [-0.15, -0.1) is 0 Å². The van der Waals surface area contributed by atoms with Crippen LogP contribution in [0, 0.1) is 5.82 Å². The van der Waals surface area contributed by atoms with Crippen LogP contribution in [0.15, 0.2) is 27.5 Å². The number of nitrogens with zero attached hydrogens (tertiary/aromatic N) is 1. The first-order chi connectivity index (χ1) is 9.41. The molecule has 0 fully saturated rings. The van der Waals surface area contributed by atoms with E-state index in [0.29, 0.717) is 6.07 Å². The quantitative estimate of drug-likeness (QED) is 0.380. The highest BCUT2D eigenvalue weighted by molar-refractivity contribution is 8.45. The van der Waals surface area contributed by atoms with Crippen molar-refractivity contribution in [1.29, 1.82) is 0 Å². The highest BCUT2D eigenvalue weighted by atomic mass is 32.5. The predicted octanol–water partition coefficient (Wildman–Crippen LogP) is 5.75. The van der Waals surface area contributed by atoms with Crippen LogP contribution in [-0.4, -0.2) is 15.0 Å². The fourth-order valence-corrected chi connectivity index (χ4v) is 2.61. The van der Waals surface area contributed by atoms with Crippen molar-refractivity contribution >= 4 is 27.3 Å². The highest BCUT2D eigenvalue weighted by Crippen LogP contribution is 3.02. The SMILES string of the molecule is CC(=N[S@@+]([O-])C(C)(C)C)c1ccc(S(F)(F)(F)(F)F)cc1F. The molecule has 0 unspecified atom stereocenters. The Bertz CT molecular complexity index is 621. The van der Waals surface area contributed by atoms with Crippen molar-refractivity contribution in [3.8, 4) is 0 Å². The molecule has 0 bridgehead atoms. The number of halogens is 6. The van der Waals surface area contributed by atoms with Gasteiger partial charge in [-0.05, 0) is 45.9 Å². The fourth-order valence-electron chi connectivity index (χ4n) is 1.34. The molecule has 1 aromatic carbocycles. The molecule has 0 saturated heterocycles. The number of hydrogen-bond acceptors (Lipinski definition) is 2. The van der Waals surface area contributed by atoms with E-state index in [4.69, 9.17) is 0 Å². The lowest BCUT2D eigenvalue weighted by Gasteiger charge is -2.40. The van der Waals surface area contributed by atoms with Gasteiger partial charge >= 0.3 is 10.2 Å². The molecule has 2 nitrogen and oxygen atoms in total. The fraction of sp³-hybridized carbons (Fsp3) is 0.417. The molecule has 1 aromatic rings. The summed E-state index contributed by atoms with van der Waals surface area (Å²) in [5.74, 6) is -1.50. The average Bonchev–Trinajstić information content (AvgIpc) is 2.23. The van der Waals surface area contributed by atoms with Gasteiger partial charge in [0.05, 0.1) is 5.71 Å². The Morgan fingerprint density at radius 1 is 1.14 bits per heavy atom. The van der Waals surface area contributed by atoms with E-state index < -0.39 is 42.6 Å². The van der Waals surface area contributed by atoms with E-state index in [0.717, 1.165) is 0 Å². The topological polar surface area (TPSA) is 35.4 Å². The average molecular weight is 367 g/mol. The molecule has 0 aliphatic heterocycles. The minimum atomic E-state index is -9.93. The van der Waals surface area contributed by atoms with E-state index in [1.165, 1.54) is 6.92 Å². The van der Waals surface area contributed by atoms with E-state index in [1.54, 1.807) is 20.8 Å². The monoisotopic (exact) mass is 367 g/mol. The van der Waals surface area contributed by atoms with Crippen LogP contribution in [-0.2, 0) is 11.4 Å². The van der Waals surface area contributed by atoms with Gasteiger partial charge in [-0.1, -0.05) is 23.8 Å². The van der Waals surface area contributed by atoms with Gasteiger partial charge in [0.2, 0.25) is 0 Å². The molecule has 0 amide bonds. The van der Waals surface area contributed by atoms with Crippen LogP contribution in [0.1, 0.15) is 33.3 Å². The second-order valence-corrected chi connectivity index (χ2v) is 9.96. The molecule has 0 heterocycles. The molecule has 0 aliphatic rings. The van der Waals surface area contributed by atoms with E-state index in [2.05, 4.69) is 4.40 Å². The predicted molar refractivity (Wildman–Crippen MR) is 77.9 cm³/mol. The molecule has 0 N–H and O–H groups in total.